The maximum Gasteiger partial charge on any atom is 0.280 e. The first-order valence-electron chi connectivity index (χ1n) is 6.50. The second kappa shape index (κ2) is 7.03. The maximum atomic E-state index is 12.2. The van der Waals surface area contributed by atoms with E-state index in [0.717, 1.165) is 5.56 Å². The van der Waals surface area contributed by atoms with Crippen molar-refractivity contribution in [1.29, 1.82) is 0 Å². The third-order valence-corrected chi connectivity index (χ3v) is 2.84. The Morgan fingerprint density at radius 3 is 2.73 bits per heavy atom. The molecule has 112 valence electrons. The van der Waals surface area contributed by atoms with Crippen molar-refractivity contribution >= 4 is 23.5 Å². The standard InChI is InChI=1S/C16H16N4O2/c1-22-13-6-2-4-11(8-13)9-14(15(21)20-16(17)18)12-5-3-7-19-10-12/h2-10H,1H3,(H4,17,18,20,21)/b14-9+. The third-order valence-electron chi connectivity index (χ3n) is 2.84. The van der Waals surface area contributed by atoms with E-state index in [2.05, 4.69) is 9.98 Å². The number of aliphatic imine (C=N–C) groups is 1. The van der Waals surface area contributed by atoms with Crippen molar-refractivity contribution < 1.29 is 9.53 Å². The minimum atomic E-state index is -0.532. The van der Waals surface area contributed by atoms with Gasteiger partial charge in [0, 0.05) is 18.0 Å². The van der Waals surface area contributed by atoms with Gasteiger partial charge in [0.25, 0.3) is 5.91 Å². The molecule has 6 nitrogen and oxygen atoms in total. The maximum absolute atomic E-state index is 12.2. The van der Waals surface area contributed by atoms with Crippen molar-refractivity contribution in [3.05, 3.63) is 59.9 Å². The summed E-state index contributed by atoms with van der Waals surface area (Å²) in [4.78, 5) is 19.9. The van der Waals surface area contributed by atoms with Crippen LogP contribution in [0.1, 0.15) is 11.1 Å². The van der Waals surface area contributed by atoms with E-state index in [0.29, 0.717) is 16.9 Å². The molecule has 2 aromatic rings. The normalized spacial score (nSPS) is 10.9. The number of nitrogens with zero attached hydrogens (tertiary/aromatic N) is 2. The zero-order chi connectivity index (χ0) is 15.9. The summed E-state index contributed by atoms with van der Waals surface area (Å²) in [5.74, 6) is -0.130. The van der Waals surface area contributed by atoms with Crippen LogP contribution in [0.2, 0.25) is 0 Å². The number of pyridine rings is 1. The molecule has 6 heteroatoms. The van der Waals surface area contributed by atoms with Crippen LogP contribution in [0.5, 0.6) is 5.75 Å². The van der Waals surface area contributed by atoms with Crippen LogP contribution in [0.15, 0.2) is 53.8 Å². The van der Waals surface area contributed by atoms with E-state index in [-0.39, 0.29) is 5.96 Å². The predicted molar refractivity (Wildman–Crippen MR) is 85.9 cm³/mol. The van der Waals surface area contributed by atoms with Gasteiger partial charge in [0.15, 0.2) is 5.96 Å². The number of nitrogens with two attached hydrogens (primary N) is 2. The molecule has 1 heterocycles. The van der Waals surface area contributed by atoms with Gasteiger partial charge in [-0.25, -0.2) is 0 Å². The van der Waals surface area contributed by atoms with Crippen molar-refractivity contribution in [3.8, 4) is 5.75 Å². The van der Waals surface area contributed by atoms with E-state index in [9.17, 15) is 4.79 Å². The summed E-state index contributed by atoms with van der Waals surface area (Å²) in [6, 6.07) is 10.8. The van der Waals surface area contributed by atoms with Crippen LogP contribution in [0, 0.1) is 0 Å². The Hall–Kier alpha value is -3.15. The van der Waals surface area contributed by atoms with Crippen molar-refractivity contribution in [1.82, 2.24) is 4.98 Å². The summed E-state index contributed by atoms with van der Waals surface area (Å²) in [5, 5.41) is 0. The van der Waals surface area contributed by atoms with Crippen molar-refractivity contribution in [2.24, 2.45) is 16.5 Å². The lowest BCUT2D eigenvalue weighted by Gasteiger charge is -2.05. The molecule has 0 saturated carbocycles. The van der Waals surface area contributed by atoms with E-state index in [4.69, 9.17) is 16.2 Å². The molecule has 2 rings (SSSR count). The molecule has 4 N–H and O–H groups in total. The fraction of sp³-hybridized carbons (Fsp3) is 0.0625. The number of rotatable bonds is 4. The number of carbonyl (C=O) groups is 1. The van der Waals surface area contributed by atoms with Crippen LogP contribution in [0.4, 0.5) is 0 Å². The highest BCUT2D eigenvalue weighted by atomic mass is 16.5. The molecule has 0 saturated heterocycles. The Kier molecular flexibility index (Phi) is 4.87. The lowest BCUT2D eigenvalue weighted by atomic mass is 10.0. The number of ether oxygens (including phenoxy) is 1. The van der Waals surface area contributed by atoms with Gasteiger partial charge in [-0.15, -0.1) is 0 Å². The minimum absolute atomic E-state index is 0.287. The minimum Gasteiger partial charge on any atom is -0.497 e. The predicted octanol–water partition coefficient (Wildman–Crippen LogP) is 1.43. The van der Waals surface area contributed by atoms with Gasteiger partial charge < -0.3 is 16.2 Å². The van der Waals surface area contributed by atoms with Crippen LogP contribution < -0.4 is 16.2 Å². The summed E-state index contributed by atoms with van der Waals surface area (Å²) in [5.41, 5.74) is 12.3. The van der Waals surface area contributed by atoms with Gasteiger partial charge in [-0.05, 0) is 29.8 Å². The van der Waals surface area contributed by atoms with Gasteiger partial charge in [-0.2, -0.15) is 4.99 Å². The first kappa shape index (κ1) is 15.2. The van der Waals surface area contributed by atoms with E-state index >= 15 is 0 Å². The molecule has 0 fully saturated rings. The molecule has 0 aliphatic rings. The fourth-order valence-corrected chi connectivity index (χ4v) is 1.87. The van der Waals surface area contributed by atoms with E-state index in [1.54, 1.807) is 43.8 Å². The molecule has 0 bridgehead atoms. The van der Waals surface area contributed by atoms with Crippen LogP contribution in [-0.4, -0.2) is 24.0 Å². The zero-order valence-corrected chi connectivity index (χ0v) is 12.1. The average molecular weight is 296 g/mol. The number of hydrogen-bond acceptors (Lipinski definition) is 3. The summed E-state index contributed by atoms with van der Waals surface area (Å²) >= 11 is 0. The van der Waals surface area contributed by atoms with E-state index in [1.165, 1.54) is 0 Å². The Labute approximate surface area is 128 Å². The molecule has 0 aliphatic carbocycles. The Morgan fingerprint density at radius 1 is 1.27 bits per heavy atom. The molecular formula is C16H16N4O2. The number of hydrogen-bond donors (Lipinski definition) is 2. The van der Waals surface area contributed by atoms with Crippen molar-refractivity contribution in [3.63, 3.8) is 0 Å². The number of guanidine groups is 1. The Balaban J connectivity index is 2.50. The van der Waals surface area contributed by atoms with E-state index in [1.807, 2.05) is 18.2 Å². The second-order valence-corrected chi connectivity index (χ2v) is 4.42. The highest BCUT2D eigenvalue weighted by Gasteiger charge is 2.12. The van der Waals surface area contributed by atoms with Crippen LogP contribution in [-0.2, 0) is 4.79 Å². The smallest absolute Gasteiger partial charge is 0.280 e. The zero-order valence-electron chi connectivity index (χ0n) is 12.1. The molecule has 0 radical (unpaired) electrons. The monoisotopic (exact) mass is 296 g/mol. The number of aromatic nitrogens is 1. The van der Waals surface area contributed by atoms with E-state index < -0.39 is 5.91 Å². The first-order valence-corrected chi connectivity index (χ1v) is 6.50. The summed E-state index contributed by atoms with van der Waals surface area (Å²) in [6.07, 6.45) is 4.89. The molecule has 0 unspecified atom stereocenters. The molecule has 0 aliphatic heterocycles. The summed E-state index contributed by atoms with van der Waals surface area (Å²) in [7, 11) is 1.58. The molecular weight excluding hydrogens is 280 g/mol. The molecule has 1 aromatic carbocycles. The SMILES string of the molecule is COc1cccc(/C=C(/C(=O)N=C(N)N)c2cccnc2)c1. The molecule has 0 spiro atoms. The van der Waals surface area contributed by atoms with Gasteiger partial charge in [-0.1, -0.05) is 18.2 Å². The van der Waals surface area contributed by atoms with Gasteiger partial charge in [0.05, 0.1) is 12.7 Å². The highest BCUT2D eigenvalue weighted by Crippen LogP contribution is 2.21. The van der Waals surface area contributed by atoms with Gasteiger partial charge in [-0.3, -0.25) is 9.78 Å². The highest BCUT2D eigenvalue weighted by molar-refractivity contribution is 6.26. The number of benzene rings is 1. The summed E-state index contributed by atoms with van der Waals surface area (Å²) in [6.45, 7) is 0. The largest absolute Gasteiger partial charge is 0.497 e. The van der Waals surface area contributed by atoms with Crippen molar-refractivity contribution in [2.45, 2.75) is 0 Å². The van der Waals surface area contributed by atoms with Crippen LogP contribution in [0.25, 0.3) is 11.6 Å². The van der Waals surface area contributed by atoms with Crippen LogP contribution >= 0.6 is 0 Å². The molecule has 22 heavy (non-hydrogen) atoms. The summed E-state index contributed by atoms with van der Waals surface area (Å²) < 4.78 is 5.17. The Morgan fingerprint density at radius 2 is 2.09 bits per heavy atom. The fourth-order valence-electron chi connectivity index (χ4n) is 1.87. The van der Waals surface area contributed by atoms with Gasteiger partial charge in [0.1, 0.15) is 5.75 Å². The van der Waals surface area contributed by atoms with Gasteiger partial charge >= 0.3 is 0 Å². The Bertz CT molecular complexity index is 720. The number of amides is 1. The lowest BCUT2D eigenvalue weighted by Crippen LogP contribution is -2.24. The quantitative estimate of drug-likeness (QED) is 0.504. The van der Waals surface area contributed by atoms with Crippen molar-refractivity contribution in [2.75, 3.05) is 7.11 Å². The number of carbonyl (C=O) groups excluding carboxylic acids is 1. The molecule has 1 aromatic heterocycles. The third kappa shape index (κ3) is 3.92. The second-order valence-electron chi connectivity index (χ2n) is 4.42. The molecule has 0 atom stereocenters. The molecule has 1 amide bonds. The topological polar surface area (TPSA) is 104 Å². The lowest BCUT2D eigenvalue weighted by molar-refractivity contribution is -0.112. The van der Waals surface area contributed by atoms with Crippen LogP contribution in [0.3, 0.4) is 0 Å². The number of methoxy groups -OCH3 is 1. The van der Waals surface area contributed by atoms with Gasteiger partial charge in [0.2, 0.25) is 0 Å². The first-order chi connectivity index (χ1) is 10.6. The average Bonchev–Trinajstić information content (AvgIpc) is 2.53.